The van der Waals surface area contributed by atoms with Crippen molar-refractivity contribution in [3.63, 3.8) is 0 Å². The van der Waals surface area contributed by atoms with Crippen molar-refractivity contribution in [3.05, 3.63) is 86.2 Å². The second kappa shape index (κ2) is 18.8. The van der Waals surface area contributed by atoms with Crippen LogP contribution in [-0.2, 0) is 21.0 Å². The maximum atomic E-state index is 8.64. The second-order valence-electron chi connectivity index (χ2n) is 4.86. The standard InChI is InChI=1S/3C6H5BrOSi.O.V/c3*7-5-1-3-6(9-8)4-2-5;;/h3*1-4,8H;;. The van der Waals surface area contributed by atoms with Crippen LogP contribution in [0.3, 0.4) is 0 Å². The molecule has 0 aromatic heterocycles. The van der Waals surface area contributed by atoms with E-state index < -0.39 is 0 Å². The zero-order valence-electron chi connectivity index (χ0n) is 14.8. The molecule has 0 aliphatic rings. The number of rotatable bonds is 3. The first-order chi connectivity index (χ1) is 14.0. The van der Waals surface area contributed by atoms with Gasteiger partial charge in [-0.2, -0.15) is 0 Å². The Morgan fingerprint density at radius 3 is 0.793 bits per heavy atom. The van der Waals surface area contributed by atoms with Gasteiger partial charge in [0.1, 0.15) is 0 Å². The van der Waals surface area contributed by atoms with Gasteiger partial charge >= 0.3 is 21.0 Å². The minimum atomic E-state index is -0.0944. The van der Waals surface area contributed by atoms with Crippen LogP contribution < -0.4 is 15.6 Å². The first-order valence-electron chi connectivity index (χ1n) is 7.63. The van der Waals surface area contributed by atoms with E-state index in [-0.39, 0.29) is 29.3 Å². The molecule has 3 N–H and O–H groups in total. The molecule has 0 saturated heterocycles. The molecule has 3 rings (SSSR count). The fourth-order valence-corrected chi connectivity index (χ4v) is 3.31. The van der Waals surface area contributed by atoms with Crippen molar-refractivity contribution in [2.45, 2.75) is 0 Å². The number of benzene rings is 3. The molecule has 3 aromatic carbocycles. The third kappa shape index (κ3) is 14.6. The maximum absolute atomic E-state index is 8.64. The normalized spacial score (nSPS) is 9.00. The second-order valence-corrected chi connectivity index (χ2v) is 10.0. The Bertz CT molecular complexity index is 687. The van der Waals surface area contributed by atoms with Gasteiger partial charge in [-0.05, 0) is 52.0 Å². The Morgan fingerprint density at radius 2 is 0.655 bits per heavy atom. The van der Waals surface area contributed by atoms with Crippen LogP contribution in [0.4, 0.5) is 0 Å². The molecule has 0 atom stereocenters. The molecule has 0 spiro atoms. The summed E-state index contributed by atoms with van der Waals surface area (Å²) in [5.41, 5.74) is 0. The van der Waals surface area contributed by atoms with E-state index in [1.54, 1.807) is 0 Å². The van der Waals surface area contributed by atoms with Crippen LogP contribution in [0.15, 0.2) is 86.2 Å². The van der Waals surface area contributed by atoms with Crippen molar-refractivity contribution < 1.29 is 35.4 Å². The van der Waals surface area contributed by atoms with Crippen molar-refractivity contribution in [3.8, 4) is 0 Å². The van der Waals surface area contributed by atoms with Gasteiger partial charge in [0.15, 0.2) is 0 Å². The fourth-order valence-electron chi connectivity index (χ4n) is 1.57. The summed E-state index contributed by atoms with van der Waals surface area (Å²) >= 11 is 11.0. The van der Waals surface area contributed by atoms with Crippen molar-refractivity contribution in [1.82, 2.24) is 0 Å². The SMILES string of the molecule is O[Si]c1ccc(Br)cc1.O[Si]c1ccc(Br)cc1.O[Si]c1ccc(Br)cc1.[O]=[V]. The summed E-state index contributed by atoms with van der Waals surface area (Å²) in [6.07, 6.45) is 0. The summed E-state index contributed by atoms with van der Waals surface area (Å²) in [6.45, 7) is 0. The van der Waals surface area contributed by atoms with E-state index >= 15 is 0 Å². The average molecular weight is 670 g/mol. The van der Waals surface area contributed by atoms with Gasteiger partial charge in [-0.1, -0.05) is 84.2 Å². The Kier molecular flexibility index (Phi) is 18.8. The molecule has 6 radical (unpaired) electrons. The topological polar surface area (TPSA) is 77.8 Å². The zero-order valence-corrected chi connectivity index (χ0v) is 23.9. The monoisotopic (exact) mass is 667 g/mol. The third-order valence-electron chi connectivity index (χ3n) is 2.92. The van der Waals surface area contributed by atoms with Crippen LogP contribution in [-0.4, -0.2) is 43.7 Å². The summed E-state index contributed by atoms with van der Waals surface area (Å²) in [5, 5.41) is 2.91. The molecular weight excluding hydrogens is 655 g/mol. The van der Waals surface area contributed by atoms with Crippen LogP contribution in [0.1, 0.15) is 0 Å². The molecule has 0 unspecified atom stereocenters. The third-order valence-corrected chi connectivity index (χ3v) is 6.28. The van der Waals surface area contributed by atoms with E-state index in [0.29, 0.717) is 0 Å². The first kappa shape index (κ1) is 29.0. The Balaban J connectivity index is 0.000000388. The number of hydrogen-bond donors (Lipinski definition) is 3. The van der Waals surface area contributed by atoms with Gasteiger partial charge in [-0.25, -0.2) is 0 Å². The van der Waals surface area contributed by atoms with E-state index in [9.17, 15) is 0 Å². The van der Waals surface area contributed by atoms with E-state index in [1.807, 2.05) is 72.8 Å². The van der Waals surface area contributed by atoms with Crippen molar-refractivity contribution >= 4 is 92.6 Å². The predicted molar refractivity (Wildman–Crippen MR) is 126 cm³/mol. The van der Waals surface area contributed by atoms with E-state index in [1.165, 1.54) is 0 Å². The summed E-state index contributed by atoms with van der Waals surface area (Å²) in [5.74, 6) is 0. The van der Waals surface area contributed by atoms with Crippen molar-refractivity contribution in [2.75, 3.05) is 0 Å². The molecule has 0 fully saturated rings. The van der Waals surface area contributed by atoms with Crippen LogP contribution in [0.2, 0.25) is 0 Å². The Morgan fingerprint density at radius 1 is 0.483 bits per heavy atom. The van der Waals surface area contributed by atoms with Crippen LogP contribution in [0.5, 0.6) is 0 Å². The van der Waals surface area contributed by atoms with Gasteiger partial charge in [0, 0.05) is 13.4 Å². The van der Waals surface area contributed by atoms with Crippen molar-refractivity contribution in [1.29, 1.82) is 0 Å². The molecule has 0 aliphatic heterocycles. The van der Waals surface area contributed by atoms with Gasteiger partial charge in [0.05, 0.1) is 0 Å². The van der Waals surface area contributed by atoms with Gasteiger partial charge in [0.2, 0.25) is 0 Å². The summed E-state index contributed by atoms with van der Waals surface area (Å²) < 4.78 is 11.3. The number of halogens is 3. The van der Waals surface area contributed by atoms with Gasteiger partial charge in [0.25, 0.3) is 29.3 Å². The molecular formula is C18H15Br3O4Si3V. The summed E-state index contributed by atoms with van der Waals surface area (Å²) in [4.78, 5) is 25.9. The Labute approximate surface area is 212 Å². The van der Waals surface area contributed by atoms with E-state index in [4.69, 9.17) is 18.1 Å². The fraction of sp³-hybridized carbons (Fsp3) is 0. The minimum absolute atomic E-state index is 0.0944. The van der Waals surface area contributed by atoms with E-state index in [2.05, 4.69) is 47.8 Å². The van der Waals surface area contributed by atoms with Crippen LogP contribution in [0, 0.1) is 0 Å². The van der Waals surface area contributed by atoms with Crippen LogP contribution >= 0.6 is 47.8 Å². The van der Waals surface area contributed by atoms with Gasteiger partial charge in [-0.3, -0.25) is 0 Å². The zero-order chi connectivity index (χ0) is 22.1. The van der Waals surface area contributed by atoms with Crippen molar-refractivity contribution in [2.24, 2.45) is 0 Å². The molecule has 0 saturated carbocycles. The first-order valence-corrected chi connectivity index (χ1v) is 13.4. The summed E-state index contributed by atoms with van der Waals surface area (Å²) in [6, 6.07) is 22.8. The molecule has 4 nitrogen and oxygen atoms in total. The molecule has 0 bridgehead atoms. The van der Waals surface area contributed by atoms with Gasteiger partial charge in [-0.15, -0.1) is 0 Å². The van der Waals surface area contributed by atoms with E-state index in [0.717, 1.165) is 46.3 Å². The van der Waals surface area contributed by atoms with Gasteiger partial charge < -0.3 is 14.4 Å². The predicted octanol–water partition coefficient (Wildman–Crippen LogP) is 1.94. The number of hydrogen-bond acceptors (Lipinski definition) is 4. The molecule has 11 heteroatoms. The molecule has 0 aliphatic carbocycles. The quantitative estimate of drug-likeness (QED) is 0.373. The summed E-state index contributed by atoms with van der Waals surface area (Å²) in [7, 11) is -0.283. The molecule has 0 amide bonds. The molecule has 149 valence electrons. The Hall–Kier alpha value is 0.0151. The molecule has 29 heavy (non-hydrogen) atoms. The average Bonchev–Trinajstić information content (AvgIpc) is 2.78. The molecule has 3 aromatic rings. The molecule has 0 heterocycles. The van der Waals surface area contributed by atoms with Crippen LogP contribution in [0.25, 0.3) is 0 Å².